The highest BCUT2D eigenvalue weighted by atomic mass is 16.5. The first kappa shape index (κ1) is 29.0. The van der Waals surface area contributed by atoms with Crippen LogP contribution >= 0.6 is 0 Å². The summed E-state index contributed by atoms with van der Waals surface area (Å²) >= 11 is 0. The van der Waals surface area contributed by atoms with E-state index in [4.69, 9.17) is 20.9 Å². The molecule has 48 heavy (non-hydrogen) atoms. The Labute approximate surface area is 285 Å². The largest absolute Gasteiger partial charge is 0.457 e. The number of ether oxygens (including phenoxy) is 2. The molecule has 4 N–H and O–H groups in total. The van der Waals surface area contributed by atoms with Crippen molar-refractivity contribution in [1.82, 2.24) is 0 Å². The molecule has 0 amide bonds. The van der Waals surface area contributed by atoms with Crippen LogP contribution in [0.2, 0.25) is 0 Å². The molecule has 0 spiro atoms. The van der Waals surface area contributed by atoms with E-state index < -0.39 is 0 Å². The first-order chi connectivity index (χ1) is 23.3. The predicted molar refractivity (Wildman–Crippen MR) is 192 cm³/mol. The van der Waals surface area contributed by atoms with Crippen LogP contribution in [0, 0.1) is 34.5 Å². The van der Waals surface area contributed by atoms with Crippen LogP contribution in [0.4, 0.5) is 11.4 Å². The summed E-state index contributed by atoms with van der Waals surface area (Å²) in [6, 6.07) is 34.0. The van der Waals surface area contributed by atoms with E-state index >= 15 is 0 Å². The number of benzene rings is 4. The van der Waals surface area contributed by atoms with Gasteiger partial charge in [-0.2, -0.15) is 0 Å². The molecule has 12 rings (SSSR count). The maximum Gasteiger partial charge on any atom is 0.127 e. The molecule has 8 aliphatic carbocycles. The van der Waals surface area contributed by atoms with E-state index in [1.54, 1.807) is 11.1 Å². The van der Waals surface area contributed by atoms with Crippen LogP contribution in [0.25, 0.3) is 0 Å². The van der Waals surface area contributed by atoms with Gasteiger partial charge in [-0.1, -0.05) is 24.3 Å². The molecular formula is C44H48N2O2. The quantitative estimate of drug-likeness (QED) is 0.198. The van der Waals surface area contributed by atoms with Gasteiger partial charge in [0.25, 0.3) is 0 Å². The lowest BCUT2D eigenvalue weighted by Gasteiger charge is -2.74. The van der Waals surface area contributed by atoms with Crippen molar-refractivity contribution in [1.29, 1.82) is 0 Å². The molecule has 0 saturated heterocycles. The molecule has 0 aromatic heterocycles. The third-order valence-electron chi connectivity index (χ3n) is 14.4. The summed E-state index contributed by atoms with van der Waals surface area (Å²) < 4.78 is 12.4. The average Bonchev–Trinajstić information content (AvgIpc) is 3.06. The predicted octanol–water partition coefficient (Wildman–Crippen LogP) is 10.8. The third-order valence-corrected chi connectivity index (χ3v) is 14.4. The number of hydrogen-bond acceptors (Lipinski definition) is 4. The second kappa shape index (κ2) is 10.3. The molecule has 4 aromatic carbocycles. The maximum atomic E-state index is 6.22. The molecule has 4 unspecified atom stereocenters. The lowest BCUT2D eigenvalue weighted by molar-refractivity contribution is -0.212. The second-order valence-electron chi connectivity index (χ2n) is 17.4. The zero-order chi connectivity index (χ0) is 32.1. The highest BCUT2D eigenvalue weighted by Gasteiger charge is 2.70. The van der Waals surface area contributed by atoms with Gasteiger partial charge in [0.1, 0.15) is 23.0 Å². The summed E-state index contributed by atoms with van der Waals surface area (Å²) in [7, 11) is 0. The first-order valence-electron chi connectivity index (χ1n) is 18.6. The molecule has 8 bridgehead atoms. The van der Waals surface area contributed by atoms with Gasteiger partial charge >= 0.3 is 0 Å². The van der Waals surface area contributed by atoms with Gasteiger partial charge in [-0.3, -0.25) is 0 Å². The molecule has 8 saturated carbocycles. The summed E-state index contributed by atoms with van der Waals surface area (Å²) in [5.74, 6) is 7.02. The van der Waals surface area contributed by atoms with E-state index in [0.717, 1.165) is 58.0 Å². The molecule has 4 heteroatoms. The van der Waals surface area contributed by atoms with Gasteiger partial charge in [0.05, 0.1) is 0 Å². The molecule has 246 valence electrons. The number of nitrogens with two attached hydrogens (primary N) is 2. The van der Waals surface area contributed by atoms with Crippen molar-refractivity contribution >= 4 is 11.4 Å². The summed E-state index contributed by atoms with van der Waals surface area (Å²) in [6.45, 7) is 0. The number of nitrogen functional groups attached to an aromatic ring is 2. The van der Waals surface area contributed by atoms with Crippen LogP contribution in [-0.4, -0.2) is 0 Å². The zero-order valence-corrected chi connectivity index (χ0v) is 28.0. The monoisotopic (exact) mass is 636 g/mol. The number of anilines is 2. The van der Waals surface area contributed by atoms with Crippen molar-refractivity contribution in [3.05, 3.63) is 108 Å². The summed E-state index contributed by atoms with van der Waals surface area (Å²) in [5.41, 5.74) is 18.1. The van der Waals surface area contributed by atoms with Gasteiger partial charge in [0, 0.05) is 11.4 Å². The molecule has 4 nitrogen and oxygen atoms in total. The normalized spacial score (nSPS) is 37.1. The van der Waals surface area contributed by atoms with Crippen LogP contribution in [0.5, 0.6) is 23.0 Å². The smallest absolute Gasteiger partial charge is 0.127 e. The molecule has 0 heterocycles. The fourth-order valence-corrected chi connectivity index (χ4v) is 13.5. The molecule has 4 aromatic rings. The van der Waals surface area contributed by atoms with E-state index in [0.29, 0.717) is 21.7 Å². The first-order valence-corrected chi connectivity index (χ1v) is 18.6. The Morgan fingerprint density at radius 3 is 1.00 bits per heavy atom. The average molecular weight is 637 g/mol. The Balaban J connectivity index is 0.944. The van der Waals surface area contributed by atoms with E-state index in [1.165, 1.54) is 77.0 Å². The van der Waals surface area contributed by atoms with Gasteiger partial charge in [-0.05, 0) is 206 Å². The van der Waals surface area contributed by atoms with E-state index in [1.807, 2.05) is 48.5 Å². The number of hydrogen-bond donors (Lipinski definition) is 2. The van der Waals surface area contributed by atoms with Crippen molar-refractivity contribution < 1.29 is 9.47 Å². The lowest BCUT2D eigenvalue weighted by Crippen LogP contribution is -2.66. The molecule has 0 radical (unpaired) electrons. The van der Waals surface area contributed by atoms with Gasteiger partial charge in [0.15, 0.2) is 0 Å². The Bertz CT molecular complexity index is 1660. The van der Waals surface area contributed by atoms with Crippen LogP contribution in [-0.2, 0) is 10.8 Å². The Kier molecular flexibility index (Phi) is 6.23. The molecular weight excluding hydrogens is 588 g/mol. The molecule has 0 aliphatic heterocycles. The van der Waals surface area contributed by atoms with Crippen molar-refractivity contribution in [2.24, 2.45) is 34.5 Å². The minimum absolute atomic E-state index is 0.321. The lowest BCUT2D eigenvalue weighted by atomic mass is 9.30. The highest BCUT2D eigenvalue weighted by Crippen LogP contribution is 2.78. The fraction of sp³-hybridized carbons (Fsp3) is 0.455. The summed E-state index contributed by atoms with van der Waals surface area (Å²) in [6.07, 6.45) is 17.2. The Morgan fingerprint density at radius 2 is 0.688 bits per heavy atom. The van der Waals surface area contributed by atoms with Crippen molar-refractivity contribution in [2.45, 2.75) is 87.9 Å². The zero-order valence-electron chi connectivity index (χ0n) is 28.0. The van der Waals surface area contributed by atoms with Crippen LogP contribution in [0.3, 0.4) is 0 Å². The van der Waals surface area contributed by atoms with Crippen molar-refractivity contribution in [3.8, 4) is 23.0 Å². The van der Waals surface area contributed by atoms with Crippen LogP contribution < -0.4 is 20.9 Å². The van der Waals surface area contributed by atoms with Crippen molar-refractivity contribution in [3.63, 3.8) is 0 Å². The van der Waals surface area contributed by atoms with Crippen LogP contribution in [0.1, 0.15) is 88.2 Å². The maximum absolute atomic E-state index is 6.22. The minimum atomic E-state index is 0.321. The minimum Gasteiger partial charge on any atom is -0.457 e. The SMILES string of the molecule is Nc1ccc(Oc2ccc(C34CC5CC(C3)CC(C36CC7CC(CC(c8ccc(Oc9ccc(N)cc9)cc8)(C7)C3)C6)(C5)C4)cc2)cc1. The Hall–Kier alpha value is -3.92. The fourth-order valence-electron chi connectivity index (χ4n) is 13.5. The standard InChI is InChI=1S/C44H48N2O2/c45-35-5-13-39(14-6-35)47-37-9-1-33(2-10-37)41-19-29-17-30(20-41)24-43(23-29,27-41)44-25-31-18-32(26-44)22-42(21-31,28-44)34-3-11-38(12-4-34)48-40-15-7-36(46)8-16-40/h1-16,29-32H,17-28,45-46H2. The third kappa shape index (κ3) is 4.54. The topological polar surface area (TPSA) is 70.5 Å². The van der Waals surface area contributed by atoms with Crippen molar-refractivity contribution in [2.75, 3.05) is 11.5 Å². The van der Waals surface area contributed by atoms with Gasteiger partial charge in [0.2, 0.25) is 0 Å². The van der Waals surface area contributed by atoms with Gasteiger partial charge in [-0.25, -0.2) is 0 Å². The van der Waals surface area contributed by atoms with E-state index in [-0.39, 0.29) is 0 Å². The van der Waals surface area contributed by atoms with E-state index in [2.05, 4.69) is 48.5 Å². The summed E-state index contributed by atoms with van der Waals surface area (Å²) in [4.78, 5) is 0. The van der Waals surface area contributed by atoms with Gasteiger partial charge in [-0.15, -0.1) is 0 Å². The molecule has 8 aliphatic rings. The van der Waals surface area contributed by atoms with E-state index in [9.17, 15) is 0 Å². The molecule has 4 atom stereocenters. The summed E-state index contributed by atoms with van der Waals surface area (Å²) in [5, 5.41) is 0. The number of rotatable bonds is 7. The second-order valence-corrected chi connectivity index (χ2v) is 17.4. The molecule has 8 fully saturated rings. The van der Waals surface area contributed by atoms with Gasteiger partial charge < -0.3 is 20.9 Å². The highest BCUT2D eigenvalue weighted by molar-refractivity contribution is 5.45. The Morgan fingerprint density at radius 1 is 0.396 bits per heavy atom. The van der Waals surface area contributed by atoms with Crippen LogP contribution in [0.15, 0.2) is 97.1 Å².